The van der Waals surface area contributed by atoms with Crippen LogP contribution in [0.3, 0.4) is 0 Å². The fourth-order valence-corrected chi connectivity index (χ4v) is 3.46. The molecule has 1 aromatic carbocycles. The van der Waals surface area contributed by atoms with Crippen LogP contribution in [0.4, 0.5) is 0 Å². The highest BCUT2D eigenvalue weighted by atomic mass is 32.2. The third-order valence-corrected chi connectivity index (χ3v) is 5.96. The van der Waals surface area contributed by atoms with E-state index in [9.17, 15) is 13.2 Å². The third kappa shape index (κ3) is 4.38. The van der Waals surface area contributed by atoms with Gasteiger partial charge in [0, 0.05) is 40.5 Å². The van der Waals surface area contributed by atoms with Crippen molar-refractivity contribution in [3.63, 3.8) is 0 Å². The third-order valence-electron chi connectivity index (χ3n) is 4.15. The summed E-state index contributed by atoms with van der Waals surface area (Å²) in [6, 6.07) is 4.92. The van der Waals surface area contributed by atoms with Gasteiger partial charge in [0.05, 0.1) is 15.9 Å². The lowest BCUT2D eigenvalue weighted by Crippen LogP contribution is -2.24. The van der Waals surface area contributed by atoms with Crippen molar-refractivity contribution in [2.24, 2.45) is 7.05 Å². The molecule has 0 unspecified atom stereocenters. The van der Waals surface area contributed by atoms with Gasteiger partial charge in [-0.15, -0.1) is 0 Å². The largest absolute Gasteiger partial charge is 0.356 e. The normalized spacial score (nSPS) is 12.0. The van der Waals surface area contributed by atoms with Crippen LogP contribution in [0.2, 0.25) is 0 Å². The van der Waals surface area contributed by atoms with Gasteiger partial charge in [-0.25, -0.2) is 17.7 Å². The smallest absolute Gasteiger partial charge is 0.242 e. The average Bonchev–Trinajstić information content (AvgIpc) is 2.88. The first-order valence-electron chi connectivity index (χ1n) is 8.42. The van der Waals surface area contributed by atoms with Crippen molar-refractivity contribution in [3.8, 4) is 0 Å². The van der Waals surface area contributed by atoms with Crippen LogP contribution >= 0.6 is 0 Å². The average molecular weight is 366 g/mol. The predicted molar refractivity (Wildman–Crippen MR) is 97.8 cm³/mol. The molecule has 0 radical (unpaired) electrons. The van der Waals surface area contributed by atoms with Crippen LogP contribution in [0, 0.1) is 0 Å². The molecular weight excluding hydrogens is 340 g/mol. The highest BCUT2D eigenvalue weighted by Gasteiger charge is 2.19. The number of benzene rings is 1. The molecule has 25 heavy (non-hydrogen) atoms. The van der Waals surface area contributed by atoms with Crippen molar-refractivity contribution >= 4 is 27.0 Å². The van der Waals surface area contributed by atoms with E-state index in [4.69, 9.17) is 0 Å². The molecule has 138 valence electrons. The van der Waals surface area contributed by atoms with Crippen LogP contribution < -0.4 is 5.32 Å². The number of unbranched alkanes of at least 4 members (excludes halogenated alkanes) is 1. The molecule has 0 fully saturated rings. The van der Waals surface area contributed by atoms with E-state index in [0.29, 0.717) is 24.9 Å². The summed E-state index contributed by atoms with van der Waals surface area (Å²) < 4.78 is 27.6. The summed E-state index contributed by atoms with van der Waals surface area (Å²) in [5.41, 5.74) is 1.46. The number of hydrogen-bond acceptors (Lipinski definition) is 4. The number of carbonyl (C=O) groups excluding carboxylic acids is 1. The van der Waals surface area contributed by atoms with Crippen molar-refractivity contribution in [3.05, 3.63) is 24.0 Å². The lowest BCUT2D eigenvalue weighted by atomic mass is 10.2. The number of fused-ring (bicyclic) bond motifs is 1. The number of rotatable bonds is 8. The fraction of sp³-hybridized carbons (Fsp3) is 0.529. The standard InChI is InChI=1S/C17H26N4O3S/c1-5-6-11-18-17(22)10-9-16-19-14-12-13(25(23,24)20(2)3)7-8-15(14)21(16)4/h7-8,12H,5-6,9-11H2,1-4H3,(H,18,22). The number of aryl methyl sites for hydroxylation is 2. The summed E-state index contributed by atoms with van der Waals surface area (Å²) in [5, 5.41) is 2.89. The maximum atomic E-state index is 12.2. The quantitative estimate of drug-likeness (QED) is 0.720. The Labute approximate surface area is 149 Å². The summed E-state index contributed by atoms with van der Waals surface area (Å²) >= 11 is 0. The second-order valence-corrected chi connectivity index (χ2v) is 8.38. The van der Waals surface area contributed by atoms with Gasteiger partial charge in [-0.05, 0) is 24.6 Å². The highest BCUT2D eigenvalue weighted by Crippen LogP contribution is 2.21. The van der Waals surface area contributed by atoms with E-state index >= 15 is 0 Å². The number of carbonyl (C=O) groups is 1. The lowest BCUT2D eigenvalue weighted by Gasteiger charge is -2.10. The second kappa shape index (κ2) is 7.97. The molecule has 1 aromatic heterocycles. The van der Waals surface area contributed by atoms with Gasteiger partial charge in [0.15, 0.2) is 0 Å². The monoisotopic (exact) mass is 366 g/mol. The predicted octanol–water partition coefficient (Wildman–Crippen LogP) is 1.67. The number of nitrogens with one attached hydrogen (secondary N) is 1. The molecule has 0 aliphatic carbocycles. The Morgan fingerprint density at radius 3 is 2.68 bits per heavy atom. The molecule has 8 heteroatoms. The van der Waals surface area contributed by atoms with Crippen molar-refractivity contribution in [1.29, 1.82) is 0 Å². The van der Waals surface area contributed by atoms with Crippen LogP contribution in [0.15, 0.2) is 23.1 Å². The van der Waals surface area contributed by atoms with E-state index in [1.165, 1.54) is 18.4 Å². The zero-order valence-electron chi connectivity index (χ0n) is 15.2. The first-order valence-corrected chi connectivity index (χ1v) is 9.86. The number of imidazole rings is 1. The molecule has 0 saturated heterocycles. The van der Waals surface area contributed by atoms with E-state index < -0.39 is 10.0 Å². The minimum atomic E-state index is -3.49. The molecule has 2 aromatic rings. The first kappa shape index (κ1) is 19.4. The zero-order valence-corrected chi connectivity index (χ0v) is 16.1. The molecule has 2 rings (SSSR count). The summed E-state index contributed by atoms with van der Waals surface area (Å²) in [5.74, 6) is 0.774. The van der Waals surface area contributed by atoms with Crippen molar-refractivity contribution in [1.82, 2.24) is 19.2 Å². The molecule has 0 aliphatic heterocycles. The molecule has 0 aliphatic rings. The summed E-state index contributed by atoms with van der Waals surface area (Å²) in [6.45, 7) is 2.78. The van der Waals surface area contributed by atoms with Crippen molar-refractivity contribution < 1.29 is 13.2 Å². The van der Waals surface area contributed by atoms with E-state index in [0.717, 1.165) is 24.2 Å². The van der Waals surface area contributed by atoms with E-state index in [-0.39, 0.29) is 10.8 Å². The SMILES string of the molecule is CCCCNC(=O)CCc1nc2cc(S(=O)(=O)N(C)C)ccc2n1C. The molecule has 0 atom stereocenters. The summed E-state index contributed by atoms with van der Waals surface area (Å²) in [6.07, 6.45) is 2.90. The Morgan fingerprint density at radius 2 is 2.04 bits per heavy atom. The Morgan fingerprint density at radius 1 is 1.32 bits per heavy atom. The molecule has 1 heterocycles. The fourth-order valence-electron chi connectivity index (χ4n) is 2.54. The van der Waals surface area contributed by atoms with E-state index in [1.807, 2.05) is 11.6 Å². The topological polar surface area (TPSA) is 84.3 Å². The van der Waals surface area contributed by atoms with Crippen molar-refractivity contribution in [2.75, 3.05) is 20.6 Å². The lowest BCUT2D eigenvalue weighted by molar-refractivity contribution is -0.121. The number of sulfonamides is 1. The maximum absolute atomic E-state index is 12.2. The van der Waals surface area contributed by atoms with Gasteiger partial charge in [0.25, 0.3) is 0 Å². The van der Waals surface area contributed by atoms with Gasteiger partial charge in [-0.1, -0.05) is 13.3 Å². The molecule has 7 nitrogen and oxygen atoms in total. The zero-order chi connectivity index (χ0) is 18.6. The first-order chi connectivity index (χ1) is 11.8. The van der Waals surface area contributed by atoms with Gasteiger partial charge in [0.2, 0.25) is 15.9 Å². The Hall–Kier alpha value is -1.93. The second-order valence-electron chi connectivity index (χ2n) is 6.23. The molecule has 0 bridgehead atoms. The number of aromatic nitrogens is 2. The van der Waals surface area contributed by atoms with Crippen LogP contribution in [0.25, 0.3) is 11.0 Å². The minimum Gasteiger partial charge on any atom is -0.356 e. The maximum Gasteiger partial charge on any atom is 0.242 e. The van der Waals surface area contributed by atoms with E-state index in [2.05, 4.69) is 17.2 Å². The van der Waals surface area contributed by atoms with Gasteiger partial charge in [-0.3, -0.25) is 4.79 Å². The van der Waals surface area contributed by atoms with Crippen LogP contribution in [0.1, 0.15) is 32.0 Å². The Kier molecular flexibility index (Phi) is 6.18. The summed E-state index contributed by atoms with van der Waals surface area (Å²) in [4.78, 5) is 16.6. The number of amides is 1. The van der Waals surface area contributed by atoms with Gasteiger partial charge >= 0.3 is 0 Å². The molecule has 1 amide bonds. The highest BCUT2D eigenvalue weighted by molar-refractivity contribution is 7.89. The number of hydrogen-bond donors (Lipinski definition) is 1. The van der Waals surface area contributed by atoms with Crippen molar-refractivity contribution in [2.45, 2.75) is 37.5 Å². The van der Waals surface area contributed by atoms with Gasteiger partial charge in [0.1, 0.15) is 5.82 Å². The molecule has 1 N–H and O–H groups in total. The minimum absolute atomic E-state index is 0.0105. The van der Waals surface area contributed by atoms with Gasteiger partial charge in [-0.2, -0.15) is 0 Å². The molecule has 0 spiro atoms. The van der Waals surface area contributed by atoms with Crippen LogP contribution in [0.5, 0.6) is 0 Å². The van der Waals surface area contributed by atoms with Crippen LogP contribution in [-0.2, 0) is 28.3 Å². The molecule has 0 saturated carbocycles. The van der Waals surface area contributed by atoms with Crippen LogP contribution in [-0.4, -0.2) is 48.8 Å². The van der Waals surface area contributed by atoms with Gasteiger partial charge < -0.3 is 9.88 Å². The summed E-state index contributed by atoms with van der Waals surface area (Å²) in [7, 11) is 1.39. The molecular formula is C17H26N4O3S. The Balaban J connectivity index is 2.17. The van der Waals surface area contributed by atoms with E-state index in [1.54, 1.807) is 18.2 Å². The Bertz CT molecular complexity index is 856. The number of nitrogens with zero attached hydrogens (tertiary/aromatic N) is 3.